The van der Waals surface area contributed by atoms with E-state index in [9.17, 15) is 9.59 Å². The molecule has 0 aliphatic rings. The van der Waals surface area contributed by atoms with Crippen molar-refractivity contribution in [2.75, 3.05) is 13.7 Å². The molecule has 1 heterocycles. The van der Waals surface area contributed by atoms with E-state index in [0.29, 0.717) is 16.8 Å². The Morgan fingerprint density at radius 2 is 1.96 bits per heavy atom. The van der Waals surface area contributed by atoms with E-state index in [4.69, 9.17) is 14.2 Å². The Bertz CT molecular complexity index is 733. The summed E-state index contributed by atoms with van der Waals surface area (Å²) in [6.45, 7) is 5.06. The lowest BCUT2D eigenvalue weighted by Gasteiger charge is -2.19. The second kappa shape index (κ2) is 6.64. The van der Waals surface area contributed by atoms with E-state index in [0.717, 1.165) is 5.39 Å². The monoisotopic (exact) mass is 317 g/mol. The van der Waals surface area contributed by atoms with Gasteiger partial charge in [-0.15, -0.1) is 0 Å². The number of methoxy groups -OCH3 is 1. The molecule has 6 nitrogen and oxygen atoms in total. The van der Waals surface area contributed by atoms with Gasteiger partial charge in [0, 0.05) is 11.6 Å². The first-order chi connectivity index (χ1) is 10.8. The van der Waals surface area contributed by atoms with Gasteiger partial charge in [-0.05, 0) is 39.0 Å². The lowest BCUT2D eigenvalue weighted by molar-refractivity contribution is -0.157. The van der Waals surface area contributed by atoms with Crippen molar-refractivity contribution in [1.82, 2.24) is 4.98 Å². The molecule has 0 atom stereocenters. The van der Waals surface area contributed by atoms with Crippen LogP contribution in [-0.2, 0) is 14.3 Å². The number of hydrogen-bond acceptors (Lipinski definition) is 6. The normalized spacial score (nSPS) is 11.1. The second-order valence-corrected chi connectivity index (χ2v) is 5.92. The molecule has 0 bridgehead atoms. The number of fused-ring (bicyclic) bond motifs is 1. The molecule has 2 rings (SSSR count). The van der Waals surface area contributed by atoms with Gasteiger partial charge < -0.3 is 14.2 Å². The van der Waals surface area contributed by atoms with Crippen LogP contribution in [0.1, 0.15) is 31.1 Å². The molecule has 2 aromatic rings. The van der Waals surface area contributed by atoms with Crippen LogP contribution in [-0.4, -0.2) is 36.2 Å². The topological polar surface area (TPSA) is 74.7 Å². The highest BCUT2D eigenvalue weighted by Crippen LogP contribution is 2.26. The minimum absolute atomic E-state index is 0.270. The summed E-state index contributed by atoms with van der Waals surface area (Å²) < 4.78 is 15.4. The zero-order valence-electron chi connectivity index (χ0n) is 13.6. The minimum atomic E-state index is -0.589. The number of hydrogen-bond donors (Lipinski definition) is 0. The van der Waals surface area contributed by atoms with E-state index in [-0.39, 0.29) is 6.61 Å². The molecule has 23 heavy (non-hydrogen) atoms. The van der Waals surface area contributed by atoms with Crippen molar-refractivity contribution in [2.45, 2.75) is 26.4 Å². The molecule has 1 aromatic carbocycles. The second-order valence-electron chi connectivity index (χ2n) is 5.92. The zero-order valence-corrected chi connectivity index (χ0v) is 13.6. The average Bonchev–Trinajstić information content (AvgIpc) is 2.49. The van der Waals surface area contributed by atoms with Crippen molar-refractivity contribution in [3.63, 3.8) is 0 Å². The number of carbonyl (C=O) groups is 2. The average molecular weight is 317 g/mol. The van der Waals surface area contributed by atoms with Gasteiger partial charge in [-0.25, -0.2) is 9.59 Å². The first kappa shape index (κ1) is 16.7. The molecule has 0 saturated carbocycles. The predicted octanol–water partition coefficient (Wildman–Crippen LogP) is 2.74. The summed E-state index contributed by atoms with van der Waals surface area (Å²) in [5, 5.41) is 0.717. The summed E-state index contributed by atoms with van der Waals surface area (Å²) in [6.07, 6.45) is 1.61. The van der Waals surface area contributed by atoms with E-state index < -0.39 is 17.5 Å². The standard InChI is InChI=1S/C17H19NO5/c1-17(2,3)23-14(19)10-22-13-9-12(16(20)21-4)8-11-6-5-7-18-15(11)13/h5-9H,10H2,1-4H3. The first-order valence-electron chi connectivity index (χ1n) is 7.12. The van der Waals surface area contributed by atoms with Gasteiger partial charge in [0.05, 0.1) is 12.7 Å². The van der Waals surface area contributed by atoms with E-state index in [1.54, 1.807) is 45.2 Å². The van der Waals surface area contributed by atoms with Crippen LogP contribution in [0.4, 0.5) is 0 Å². The summed E-state index contributed by atoms with van der Waals surface area (Å²) in [6, 6.07) is 6.72. The van der Waals surface area contributed by atoms with Gasteiger partial charge in [0.15, 0.2) is 6.61 Å². The van der Waals surface area contributed by atoms with Crippen LogP contribution in [0.2, 0.25) is 0 Å². The largest absolute Gasteiger partial charge is 0.480 e. The van der Waals surface area contributed by atoms with Crippen molar-refractivity contribution >= 4 is 22.8 Å². The molecule has 0 amide bonds. The maximum absolute atomic E-state index is 11.8. The summed E-state index contributed by atoms with van der Waals surface area (Å²) >= 11 is 0. The van der Waals surface area contributed by atoms with Crippen molar-refractivity contribution in [2.24, 2.45) is 0 Å². The fourth-order valence-corrected chi connectivity index (χ4v) is 2.01. The van der Waals surface area contributed by atoms with Gasteiger partial charge in [0.25, 0.3) is 0 Å². The summed E-state index contributed by atoms with van der Waals surface area (Å²) in [5.74, 6) is -0.655. The van der Waals surface area contributed by atoms with Crippen LogP contribution >= 0.6 is 0 Å². The van der Waals surface area contributed by atoms with Gasteiger partial charge in [0.1, 0.15) is 16.9 Å². The fourth-order valence-electron chi connectivity index (χ4n) is 2.01. The van der Waals surface area contributed by atoms with Crippen molar-refractivity contribution in [1.29, 1.82) is 0 Å². The minimum Gasteiger partial charge on any atom is -0.480 e. The van der Waals surface area contributed by atoms with Crippen LogP contribution in [0, 0.1) is 0 Å². The first-order valence-corrected chi connectivity index (χ1v) is 7.12. The number of aromatic nitrogens is 1. The molecule has 122 valence electrons. The van der Waals surface area contributed by atoms with E-state index >= 15 is 0 Å². The van der Waals surface area contributed by atoms with Gasteiger partial charge in [-0.1, -0.05) is 6.07 Å². The van der Waals surface area contributed by atoms with Gasteiger partial charge in [0.2, 0.25) is 0 Å². The number of ether oxygens (including phenoxy) is 3. The molecule has 0 N–H and O–H groups in total. The van der Waals surface area contributed by atoms with Crippen molar-refractivity contribution in [3.05, 3.63) is 36.0 Å². The number of benzene rings is 1. The van der Waals surface area contributed by atoms with Gasteiger partial charge in [-0.2, -0.15) is 0 Å². The van der Waals surface area contributed by atoms with E-state index in [1.807, 2.05) is 0 Å². The maximum atomic E-state index is 11.8. The van der Waals surface area contributed by atoms with Crippen LogP contribution in [0.25, 0.3) is 10.9 Å². The highest BCUT2D eigenvalue weighted by atomic mass is 16.6. The molecule has 0 aliphatic carbocycles. The number of nitrogens with zero attached hydrogens (tertiary/aromatic N) is 1. The molecule has 0 fully saturated rings. The zero-order chi connectivity index (χ0) is 17.0. The molecule has 1 aromatic heterocycles. The maximum Gasteiger partial charge on any atom is 0.344 e. The van der Waals surface area contributed by atoms with Gasteiger partial charge >= 0.3 is 11.9 Å². The van der Waals surface area contributed by atoms with Gasteiger partial charge in [-0.3, -0.25) is 4.98 Å². The highest BCUT2D eigenvalue weighted by molar-refractivity contribution is 5.97. The van der Waals surface area contributed by atoms with E-state index in [1.165, 1.54) is 13.2 Å². The third-order valence-corrected chi connectivity index (χ3v) is 2.86. The molecule has 0 saturated heterocycles. The van der Waals surface area contributed by atoms with Crippen molar-refractivity contribution < 1.29 is 23.8 Å². The number of esters is 2. The number of carbonyl (C=O) groups excluding carboxylic acids is 2. The fraction of sp³-hybridized carbons (Fsp3) is 0.353. The van der Waals surface area contributed by atoms with E-state index in [2.05, 4.69) is 4.98 Å². The van der Waals surface area contributed by atoms with Crippen LogP contribution in [0.3, 0.4) is 0 Å². The molecule has 6 heteroatoms. The van der Waals surface area contributed by atoms with Crippen LogP contribution < -0.4 is 4.74 Å². The third-order valence-electron chi connectivity index (χ3n) is 2.86. The Morgan fingerprint density at radius 3 is 2.61 bits per heavy atom. The molecule has 0 radical (unpaired) electrons. The molecular formula is C17H19NO5. The highest BCUT2D eigenvalue weighted by Gasteiger charge is 2.18. The molecule has 0 unspecified atom stereocenters. The van der Waals surface area contributed by atoms with Crippen LogP contribution in [0.15, 0.2) is 30.5 Å². The quantitative estimate of drug-likeness (QED) is 0.807. The third kappa shape index (κ3) is 4.42. The Labute approximate surface area is 134 Å². The Morgan fingerprint density at radius 1 is 1.22 bits per heavy atom. The lowest BCUT2D eigenvalue weighted by atomic mass is 10.1. The van der Waals surface area contributed by atoms with Crippen LogP contribution in [0.5, 0.6) is 5.75 Å². The molecule has 0 spiro atoms. The SMILES string of the molecule is COC(=O)c1cc(OCC(=O)OC(C)(C)C)c2ncccc2c1. The summed E-state index contributed by atoms with van der Waals surface area (Å²) in [7, 11) is 1.30. The lowest BCUT2D eigenvalue weighted by Crippen LogP contribution is -2.27. The van der Waals surface area contributed by atoms with Crippen molar-refractivity contribution in [3.8, 4) is 5.75 Å². The Hall–Kier alpha value is -2.63. The Balaban J connectivity index is 2.28. The molecule has 0 aliphatic heterocycles. The Kier molecular flexibility index (Phi) is 4.83. The number of pyridine rings is 1. The predicted molar refractivity (Wildman–Crippen MR) is 84.4 cm³/mol. The summed E-state index contributed by atoms with van der Waals surface area (Å²) in [4.78, 5) is 27.8. The smallest absolute Gasteiger partial charge is 0.344 e. The molecular weight excluding hydrogens is 298 g/mol. The number of rotatable bonds is 4. The summed E-state index contributed by atoms with van der Waals surface area (Å²) in [5.41, 5.74) is 0.296.